The van der Waals surface area contributed by atoms with Crippen molar-refractivity contribution in [2.24, 2.45) is 0 Å². The average Bonchev–Trinajstić information content (AvgIpc) is 4.19. The van der Waals surface area contributed by atoms with Crippen molar-refractivity contribution in [1.82, 2.24) is 24.1 Å². The Balaban J connectivity index is 1.09. The summed E-state index contributed by atoms with van der Waals surface area (Å²) < 4.78 is 18.5. The molecule has 15 aromatic rings. The first kappa shape index (κ1) is 39.4. The molecule has 7 nitrogen and oxygen atoms in total. The van der Waals surface area contributed by atoms with Gasteiger partial charge in [-0.2, -0.15) is 0 Å². The molecule has 5 aromatic heterocycles. The molecule has 0 unspecified atom stereocenters. The lowest BCUT2D eigenvalue weighted by Gasteiger charge is -2.16. The number of rotatable bonds is 6. The molecule has 0 aliphatic heterocycles. The van der Waals surface area contributed by atoms with Gasteiger partial charge in [-0.1, -0.05) is 158 Å². The van der Waals surface area contributed by atoms with Crippen LogP contribution in [-0.2, 0) is 0 Å². The molecule has 0 aliphatic carbocycles. The summed E-state index contributed by atoms with van der Waals surface area (Å²) in [6.07, 6.45) is 0. The van der Waals surface area contributed by atoms with Crippen molar-refractivity contribution < 1.29 is 8.83 Å². The quantitative estimate of drug-likeness (QED) is 0.166. The normalized spacial score (nSPS) is 12.0. The first-order chi connectivity index (χ1) is 35.1. The number of para-hydroxylation sites is 5. The van der Waals surface area contributed by atoms with E-state index in [1.807, 2.05) is 78.9 Å². The topological polar surface area (TPSA) is 74.8 Å². The van der Waals surface area contributed by atoms with Crippen LogP contribution in [0.3, 0.4) is 0 Å². The van der Waals surface area contributed by atoms with Crippen LogP contribution >= 0.6 is 0 Å². The molecule has 0 amide bonds. The summed E-state index contributed by atoms with van der Waals surface area (Å²) in [5, 5.41) is 8.70. The lowest BCUT2D eigenvalue weighted by Crippen LogP contribution is -2.03. The van der Waals surface area contributed by atoms with Crippen LogP contribution in [0.25, 0.3) is 144 Å². The van der Waals surface area contributed by atoms with Gasteiger partial charge in [0.15, 0.2) is 23.1 Å². The first-order valence-electron chi connectivity index (χ1n) is 23.9. The fourth-order valence-corrected chi connectivity index (χ4v) is 11.2. The Labute approximate surface area is 406 Å². The molecule has 0 spiro atoms. The molecule has 0 radical (unpaired) electrons. The van der Waals surface area contributed by atoms with Crippen LogP contribution in [0.1, 0.15) is 5.56 Å². The SMILES string of the molecule is Cc1cc(-n2c3ccccc3c3cc(-c4ccc5oc6ccccc6c5c4)c4c(c5ccccc5n4-c4ccccc4)c32)c2oc3ccccc3c2c1-c1nc(-c2ccccc2)nc(-c2ccccc2)n1. The van der Waals surface area contributed by atoms with Crippen molar-refractivity contribution in [1.29, 1.82) is 0 Å². The molecule has 332 valence electrons. The molecule has 10 aromatic carbocycles. The Morgan fingerprint density at radius 3 is 1.62 bits per heavy atom. The summed E-state index contributed by atoms with van der Waals surface area (Å²) in [4.78, 5) is 15.6. The van der Waals surface area contributed by atoms with Crippen LogP contribution in [-0.4, -0.2) is 24.1 Å². The minimum absolute atomic E-state index is 0.584. The summed E-state index contributed by atoms with van der Waals surface area (Å²) in [6.45, 7) is 2.17. The highest BCUT2D eigenvalue weighted by molar-refractivity contribution is 6.30. The molecule has 0 saturated carbocycles. The zero-order chi connectivity index (χ0) is 46.7. The van der Waals surface area contributed by atoms with E-state index >= 15 is 0 Å². The van der Waals surface area contributed by atoms with Gasteiger partial charge in [0, 0.05) is 71.0 Å². The van der Waals surface area contributed by atoms with Gasteiger partial charge >= 0.3 is 0 Å². The Bertz CT molecular complexity index is 4580. The maximum absolute atomic E-state index is 7.18. The van der Waals surface area contributed by atoms with Gasteiger partial charge in [0.2, 0.25) is 0 Å². The van der Waals surface area contributed by atoms with E-state index in [0.29, 0.717) is 17.5 Å². The number of hydrogen-bond acceptors (Lipinski definition) is 5. The third kappa shape index (κ3) is 5.87. The molecule has 7 heteroatoms. The molecule has 15 rings (SSSR count). The Morgan fingerprint density at radius 2 is 0.915 bits per heavy atom. The minimum Gasteiger partial charge on any atom is -0.456 e. The van der Waals surface area contributed by atoms with Crippen molar-refractivity contribution in [3.8, 4) is 56.7 Å². The lowest BCUT2D eigenvalue weighted by molar-refractivity contribution is 0.666. The number of hydrogen-bond donors (Lipinski definition) is 0. The van der Waals surface area contributed by atoms with Gasteiger partial charge in [-0.25, -0.2) is 15.0 Å². The van der Waals surface area contributed by atoms with Gasteiger partial charge in [-0.15, -0.1) is 0 Å². The Kier molecular flexibility index (Phi) is 8.44. The molecular formula is C64H39N5O2. The van der Waals surface area contributed by atoms with E-state index in [4.69, 9.17) is 23.8 Å². The van der Waals surface area contributed by atoms with Gasteiger partial charge in [0.05, 0.1) is 27.8 Å². The number of nitrogens with zero attached hydrogens (tertiary/aromatic N) is 5. The smallest absolute Gasteiger partial charge is 0.165 e. The van der Waals surface area contributed by atoms with Crippen molar-refractivity contribution in [3.05, 3.63) is 224 Å². The van der Waals surface area contributed by atoms with Gasteiger partial charge in [-0.3, -0.25) is 0 Å². The van der Waals surface area contributed by atoms with E-state index in [9.17, 15) is 0 Å². The van der Waals surface area contributed by atoms with Crippen molar-refractivity contribution in [2.45, 2.75) is 6.92 Å². The Morgan fingerprint density at radius 1 is 0.366 bits per heavy atom. The molecule has 5 heterocycles. The van der Waals surface area contributed by atoms with Crippen molar-refractivity contribution >= 4 is 87.5 Å². The second kappa shape index (κ2) is 15.2. The maximum atomic E-state index is 7.18. The zero-order valence-electron chi connectivity index (χ0n) is 38.3. The van der Waals surface area contributed by atoms with Crippen LogP contribution in [0.2, 0.25) is 0 Å². The van der Waals surface area contributed by atoms with E-state index in [0.717, 1.165) is 132 Å². The van der Waals surface area contributed by atoms with Gasteiger partial charge in [-0.05, 0) is 78.7 Å². The highest BCUT2D eigenvalue weighted by atomic mass is 16.3. The number of aromatic nitrogens is 5. The number of aryl methyl sites for hydroxylation is 1. The summed E-state index contributed by atoms with van der Waals surface area (Å²) >= 11 is 0. The van der Waals surface area contributed by atoms with Crippen LogP contribution in [0.5, 0.6) is 0 Å². The second-order valence-electron chi connectivity index (χ2n) is 18.3. The molecule has 71 heavy (non-hydrogen) atoms. The molecule has 0 saturated heterocycles. The van der Waals surface area contributed by atoms with Crippen LogP contribution in [0, 0.1) is 6.92 Å². The molecule has 0 bridgehead atoms. The molecule has 0 fully saturated rings. The number of fused-ring (bicyclic) bond motifs is 13. The van der Waals surface area contributed by atoms with E-state index in [1.165, 1.54) is 0 Å². The third-order valence-electron chi connectivity index (χ3n) is 14.3. The van der Waals surface area contributed by atoms with Gasteiger partial charge in [0.25, 0.3) is 0 Å². The second-order valence-corrected chi connectivity index (χ2v) is 18.3. The van der Waals surface area contributed by atoms with Crippen molar-refractivity contribution in [2.75, 3.05) is 0 Å². The van der Waals surface area contributed by atoms with Crippen molar-refractivity contribution in [3.63, 3.8) is 0 Å². The maximum Gasteiger partial charge on any atom is 0.165 e. The summed E-state index contributed by atoms with van der Waals surface area (Å²) in [5.41, 5.74) is 15.7. The highest BCUT2D eigenvalue weighted by Gasteiger charge is 2.28. The standard InChI is InChI=1S/C64H39N5O2/c1-38-35-52(61-57(46-28-14-18-32-54(46)71-61)56(38)64-66-62(39-19-5-2-6-20-39)65-63(67-64)40-21-7-3-8-22-40)69-50-29-15-11-25-43(50)49-37-47(41-33-34-55-48(36-41)44-26-13-17-31-53(44)70-55)59-58(60(49)69)45-27-12-16-30-51(45)68(59)42-23-9-4-10-24-42/h2-37H,1H3. The van der Waals surface area contributed by atoms with Crippen LogP contribution in [0.4, 0.5) is 0 Å². The van der Waals surface area contributed by atoms with E-state index in [2.05, 4.69) is 156 Å². The molecule has 0 aliphatic rings. The van der Waals surface area contributed by atoms with E-state index in [-0.39, 0.29) is 0 Å². The highest BCUT2D eigenvalue weighted by Crippen LogP contribution is 2.49. The predicted octanol–water partition coefficient (Wildman–Crippen LogP) is 16.8. The monoisotopic (exact) mass is 909 g/mol. The fraction of sp³-hybridized carbons (Fsp3) is 0.0156. The fourth-order valence-electron chi connectivity index (χ4n) is 11.2. The van der Waals surface area contributed by atoms with Gasteiger partial charge in [0.1, 0.15) is 16.7 Å². The van der Waals surface area contributed by atoms with Crippen LogP contribution < -0.4 is 0 Å². The largest absolute Gasteiger partial charge is 0.456 e. The summed E-state index contributed by atoms with van der Waals surface area (Å²) in [5.74, 6) is 1.80. The zero-order valence-corrected chi connectivity index (χ0v) is 38.3. The lowest BCUT2D eigenvalue weighted by atomic mass is 9.96. The van der Waals surface area contributed by atoms with E-state index < -0.39 is 0 Å². The minimum atomic E-state index is 0.584. The summed E-state index contributed by atoms with van der Waals surface area (Å²) in [6, 6.07) is 76.6. The average molecular weight is 910 g/mol. The Hall–Kier alpha value is -9.59. The third-order valence-corrected chi connectivity index (χ3v) is 14.3. The number of furan rings is 2. The molecule has 0 N–H and O–H groups in total. The molecular weight excluding hydrogens is 871 g/mol. The number of benzene rings is 10. The first-order valence-corrected chi connectivity index (χ1v) is 23.9. The summed E-state index contributed by atoms with van der Waals surface area (Å²) in [7, 11) is 0. The molecule has 0 atom stereocenters. The van der Waals surface area contributed by atoms with E-state index in [1.54, 1.807) is 0 Å². The predicted molar refractivity (Wildman–Crippen MR) is 290 cm³/mol. The van der Waals surface area contributed by atoms with Gasteiger partial charge < -0.3 is 18.0 Å². The van der Waals surface area contributed by atoms with Crippen LogP contribution in [0.15, 0.2) is 227 Å².